The zero-order chi connectivity index (χ0) is 21.1. The summed E-state index contributed by atoms with van der Waals surface area (Å²) < 4.78 is 3.72. The molecule has 2 aromatic carbocycles. The summed E-state index contributed by atoms with van der Waals surface area (Å²) in [5.74, 6) is 0.620. The molecule has 0 fully saturated rings. The van der Waals surface area contributed by atoms with Gasteiger partial charge in [0.25, 0.3) is 0 Å². The van der Waals surface area contributed by atoms with Gasteiger partial charge in [0.05, 0.1) is 30.0 Å². The van der Waals surface area contributed by atoms with Gasteiger partial charge in [-0.2, -0.15) is 10.2 Å². The summed E-state index contributed by atoms with van der Waals surface area (Å²) in [6, 6.07) is 21.9. The normalized spacial score (nSPS) is 10.9. The van der Waals surface area contributed by atoms with Gasteiger partial charge in [0.15, 0.2) is 0 Å². The second-order valence-corrected chi connectivity index (χ2v) is 7.44. The van der Waals surface area contributed by atoms with Crippen molar-refractivity contribution in [3.05, 3.63) is 94.9 Å². The largest absolute Gasteiger partial charge is 0.311 e. The van der Waals surface area contributed by atoms with Crippen molar-refractivity contribution in [2.24, 2.45) is 0 Å². The number of nitrogens with zero attached hydrogens (tertiary/aromatic N) is 4. The van der Waals surface area contributed by atoms with E-state index in [4.69, 9.17) is 0 Å². The number of hydrogen-bond acceptors (Lipinski definition) is 3. The molecule has 1 amide bonds. The smallest absolute Gasteiger partial charge is 0.230 e. The Balaban J connectivity index is 1.52. The molecule has 0 radical (unpaired) electrons. The quantitative estimate of drug-likeness (QED) is 0.528. The summed E-state index contributed by atoms with van der Waals surface area (Å²) in [5.41, 5.74) is 5.77. The second kappa shape index (κ2) is 8.37. The van der Waals surface area contributed by atoms with E-state index in [0.29, 0.717) is 12.4 Å². The monoisotopic (exact) mass is 399 g/mol. The van der Waals surface area contributed by atoms with Crippen molar-refractivity contribution in [3.8, 4) is 5.69 Å². The van der Waals surface area contributed by atoms with E-state index in [1.807, 2.05) is 96.9 Å². The molecule has 0 aliphatic carbocycles. The third-order valence-corrected chi connectivity index (χ3v) is 5.12. The molecule has 0 bridgehead atoms. The Bertz CT molecular complexity index is 1160. The average molecular weight is 399 g/mol. The molecule has 0 saturated carbocycles. The van der Waals surface area contributed by atoms with Gasteiger partial charge in [-0.25, -0.2) is 9.36 Å². The number of hydrogen-bond donors (Lipinski definition) is 1. The Morgan fingerprint density at radius 1 is 0.933 bits per heavy atom. The van der Waals surface area contributed by atoms with Crippen molar-refractivity contribution < 1.29 is 4.79 Å². The van der Waals surface area contributed by atoms with Crippen molar-refractivity contribution >= 4 is 11.7 Å². The Morgan fingerprint density at radius 2 is 1.60 bits per heavy atom. The number of para-hydroxylation sites is 1. The summed E-state index contributed by atoms with van der Waals surface area (Å²) in [4.78, 5) is 12.9. The molecular formula is C24H25N5O. The third-order valence-electron chi connectivity index (χ3n) is 5.12. The molecule has 2 aromatic heterocycles. The van der Waals surface area contributed by atoms with Crippen LogP contribution in [0.25, 0.3) is 5.69 Å². The first kappa shape index (κ1) is 19.6. The van der Waals surface area contributed by atoms with Crippen molar-refractivity contribution in [1.29, 1.82) is 0 Å². The lowest BCUT2D eigenvalue weighted by Crippen LogP contribution is -2.18. The Kier molecular flexibility index (Phi) is 5.48. The van der Waals surface area contributed by atoms with E-state index in [2.05, 4.69) is 15.5 Å². The molecule has 0 atom stereocenters. The van der Waals surface area contributed by atoms with E-state index in [1.54, 1.807) is 0 Å². The van der Waals surface area contributed by atoms with E-state index < -0.39 is 0 Å². The maximum absolute atomic E-state index is 12.9. The van der Waals surface area contributed by atoms with Gasteiger partial charge in [-0.05, 0) is 38.5 Å². The maximum atomic E-state index is 12.9. The van der Waals surface area contributed by atoms with Crippen molar-refractivity contribution in [2.45, 2.75) is 33.7 Å². The Labute approximate surface area is 176 Å². The van der Waals surface area contributed by atoms with Gasteiger partial charge in [-0.15, -0.1) is 0 Å². The molecule has 6 nitrogen and oxygen atoms in total. The number of aryl methyl sites for hydroxylation is 2. The van der Waals surface area contributed by atoms with E-state index in [9.17, 15) is 4.79 Å². The first-order valence-electron chi connectivity index (χ1n) is 10.00. The van der Waals surface area contributed by atoms with Crippen LogP contribution in [0.15, 0.2) is 66.7 Å². The molecular weight excluding hydrogens is 374 g/mol. The van der Waals surface area contributed by atoms with Crippen LogP contribution >= 0.6 is 0 Å². The van der Waals surface area contributed by atoms with Gasteiger partial charge in [-0.1, -0.05) is 48.5 Å². The first-order valence-corrected chi connectivity index (χ1v) is 10.00. The number of rotatable bonds is 6. The van der Waals surface area contributed by atoms with Crippen LogP contribution in [-0.2, 0) is 17.8 Å². The zero-order valence-electron chi connectivity index (χ0n) is 17.5. The lowest BCUT2D eigenvalue weighted by atomic mass is 10.1. The van der Waals surface area contributed by atoms with Gasteiger partial charge in [0, 0.05) is 17.3 Å². The molecule has 4 rings (SSSR count). The minimum absolute atomic E-state index is 0.0805. The number of carbonyl (C=O) groups is 1. The van der Waals surface area contributed by atoms with E-state index in [0.717, 1.165) is 33.9 Å². The van der Waals surface area contributed by atoms with Gasteiger partial charge in [-0.3, -0.25) is 4.79 Å². The van der Waals surface area contributed by atoms with Crippen molar-refractivity contribution in [3.63, 3.8) is 0 Å². The van der Waals surface area contributed by atoms with Gasteiger partial charge in [0.2, 0.25) is 5.91 Å². The first-order chi connectivity index (χ1) is 14.5. The van der Waals surface area contributed by atoms with E-state index in [1.165, 1.54) is 0 Å². The predicted octanol–water partition coefficient (Wildman–Crippen LogP) is 4.22. The van der Waals surface area contributed by atoms with E-state index >= 15 is 0 Å². The standard InChI is InChI=1S/C24H25N5O/c1-17-14-23(28(26-17)16-20-10-6-4-7-11-20)25-24(30)15-22-18(2)27-29(19(22)3)21-12-8-5-9-13-21/h4-14H,15-16H2,1-3H3,(H,25,30). The fourth-order valence-electron chi connectivity index (χ4n) is 3.62. The van der Waals surface area contributed by atoms with Crippen LogP contribution in [0.3, 0.4) is 0 Å². The van der Waals surface area contributed by atoms with Crippen LogP contribution in [-0.4, -0.2) is 25.5 Å². The van der Waals surface area contributed by atoms with Gasteiger partial charge < -0.3 is 5.32 Å². The van der Waals surface area contributed by atoms with Crippen LogP contribution in [0.1, 0.15) is 28.2 Å². The van der Waals surface area contributed by atoms with Crippen molar-refractivity contribution in [1.82, 2.24) is 19.6 Å². The molecule has 0 aliphatic rings. The highest BCUT2D eigenvalue weighted by Gasteiger charge is 2.17. The third kappa shape index (κ3) is 4.17. The minimum atomic E-state index is -0.0805. The summed E-state index contributed by atoms with van der Waals surface area (Å²) in [7, 11) is 0. The Hall–Kier alpha value is -3.67. The number of benzene rings is 2. The fourth-order valence-corrected chi connectivity index (χ4v) is 3.62. The summed E-state index contributed by atoms with van der Waals surface area (Å²) in [5, 5.41) is 12.2. The van der Waals surface area contributed by atoms with Gasteiger partial charge >= 0.3 is 0 Å². The number of amides is 1. The van der Waals surface area contributed by atoms with Gasteiger partial charge in [0.1, 0.15) is 5.82 Å². The molecule has 0 saturated heterocycles. The Morgan fingerprint density at radius 3 is 2.30 bits per heavy atom. The molecule has 2 heterocycles. The highest BCUT2D eigenvalue weighted by Crippen LogP contribution is 2.19. The molecule has 4 aromatic rings. The number of aromatic nitrogens is 4. The van der Waals surface area contributed by atoms with Crippen LogP contribution in [0.5, 0.6) is 0 Å². The van der Waals surface area contributed by atoms with Crippen molar-refractivity contribution in [2.75, 3.05) is 5.32 Å². The lowest BCUT2D eigenvalue weighted by Gasteiger charge is -2.10. The van der Waals surface area contributed by atoms with Crippen LogP contribution in [0.4, 0.5) is 5.82 Å². The molecule has 0 aliphatic heterocycles. The molecule has 152 valence electrons. The molecule has 0 spiro atoms. The molecule has 6 heteroatoms. The lowest BCUT2D eigenvalue weighted by molar-refractivity contribution is -0.115. The summed E-state index contributed by atoms with van der Waals surface area (Å²) in [6.07, 6.45) is 0.264. The fraction of sp³-hybridized carbons (Fsp3) is 0.208. The average Bonchev–Trinajstić information content (AvgIpc) is 3.22. The predicted molar refractivity (Wildman–Crippen MR) is 118 cm³/mol. The van der Waals surface area contributed by atoms with E-state index in [-0.39, 0.29) is 12.3 Å². The molecule has 30 heavy (non-hydrogen) atoms. The second-order valence-electron chi connectivity index (χ2n) is 7.44. The number of nitrogens with one attached hydrogen (secondary N) is 1. The highest BCUT2D eigenvalue weighted by atomic mass is 16.1. The highest BCUT2D eigenvalue weighted by molar-refractivity contribution is 5.91. The minimum Gasteiger partial charge on any atom is -0.311 e. The molecule has 0 unspecified atom stereocenters. The number of carbonyl (C=O) groups excluding carboxylic acids is 1. The SMILES string of the molecule is Cc1cc(NC(=O)Cc2c(C)nn(-c3ccccc3)c2C)n(Cc2ccccc2)n1. The van der Waals surface area contributed by atoms with Crippen LogP contribution in [0, 0.1) is 20.8 Å². The zero-order valence-corrected chi connectivity index (χ0v) is 17.5. The van der Waals surface area contributed by atoms with Crippen LogP contribution in [0.2, 0.25) is 0 Å². The molecule has 1 N–H and O–H groups in total. The summed E-state index contributed by atoms with van der Waals surface area (Å²) >= 11 is 0. The number of anilines is 1. The maximum Gasteiger partial charge on any atom is 0.230 e. The summed E-state index contributed by atoms with van der Waals surface area (Å²) in [6.45, 7) is 6.47. The van der Waals surface area contributed by atoms with Crippen LogP contribution < -0.4 is 5.32 Å². The topological polar surface area (TPSA) is 64.7 Å².